The molecule has 4 nitrogen and oxygen atoms in total. The standard InChI is InChI=1S/C19H23NO3S/c1-15-7-9-17(10-8-15)12-20(3)19(21)14-24(22,23)13-18-6-4-5-16(2)11-18/h4-11H,12-14H2,1-3H3. The van der Waals surface area contributed by atoms with Crippen LogP contribution < -0.4 is 0 Å². The number of carbonyl (C=O) groups excluding carboxylic acids is 1. The monoisotopic (exact) mass is 345 g/mol. The lowest BCUT2D eigenvalue weighted by molar-refractivity contribution is -0.127. The zero-order chi connectivity index (χ0) is 17.7. The van der Waals surface area contributed by atoms with E-state index in [9.17, 15) is 13.2 Å². The first kappa shape index (κ1) is 18.2. The van der Waals surface area contributed by atoms with Crippen LogP contribution in [0.2, 0.25) is 0 Å². The number of rotatable bonds is 6. The summed E-state index contributed by atoms with van der Waals surface area (Å²) in [4.78, 5) is 13.7. The Kier molecular flexibility index (Phi) is 5.78. The number of amides is 1. The molecule has 5 heteroatoms. The maximum atomic E-state index is 12.3. The predicted molar refractivity (Wildman–Crippen MR) is 96.3 cm³/mol. The van der Waals surface area contributed by atoms with Gasteiger partial charge < -0.3 is 4.90 Å². The van der Waals surface area contributed by atoms with Crippen molar-refractivity contribution in [3.05, 3.63) is 70.8 Å². The summed E-state index contributed by atoms with van der Waals surface area (Å²) in [5.41, 5.74) is 3.84. The van der Waals surface area contributed by atoms with Gasteiger partial charge in [0.15, 0.2) is 9.84 Å². The van der Waals surface area contributed by atoms with Crippen molar-refractivity contribution in [3.8, 4) is 0 Å². The molecule has 128 valence electrons. The van der Waals surface area contributed by atoms with Crippen molar-refractivity contribution in [3.63, 3.8) is 0 Å². The van der Waals surface area contributed by atoms with Crippen molar-refractivity contribution in [2.45, 2.75) is 26.1 Å². The van der Waals surface area contributed by atoms with E-state index in [0.717, 1.165) is 16.7 Å². The smallest absolute Gasteiger partial charge is 0.237 e. The van der Waals surface area contributed by atoms with Crippen LogP contribution in [-0.2, 0) is 26.9 Å². The Bertz CT molecular complexity index is 811. The van der Waals surface area contributed by atoms with Crippen LogP contribution in [0.15, 0.2) is 48.5 Å². The van der Waals surface area contributed by atoms with E-state index in [-0.39, 0.29) is 11.7 Å². The molecule has 0 aliphatic rings. The van der Waals surface area contributed by atoms with E-state index in [4.69, 9.17) is 0 Å². The zero-order valence-corrected chi connectivity index (χ0v) is 15.1. The second-order valence-corrected chi connectivity index (χ2v) is 8.32. The zero-order valence-electron chi connectivity index (χ0n) is 14.3. The van der Waals surface area contributed by atoms with Gasteiger partial charge in [-0.15, -0.1) is 0 Å². The molecule has 0 unspecified atom stereocenters. The van der Waals surface area contributed by atoms with Crippen LogP contribution in [0.25, 0.3) is 0 Å². The minimum absolute atomic E-state index is 0.112. The summed E-state index contributed by atoms with van der Waals surface area (Å²) in [5.74, 6) is -0.967. The third-order valence-electron chi connectivity index (χ3n) is 3.78. The Balaban J connectivity index is 1.97. The molecule has 0 aromatic heterocycles. The lowest BCUT2D eigenvalue weighted by atomic mass is 10.1. The maximum Gasteiger partial charge on any atom is 0.237 e. The largest absolute Gasteiger partial charge is 0.341 e. The average molecular weight is 345 g/mol. The van der Waals surface area contributed by atoms with Gasteiger partial charge in [0.05, 0.1) is 5.75 Å². The lowest BCUT2D eigenvalue weighted by Crippen LogP contribution is -2.32. The minimum atomic E-state index is -3.49. The SMILES string of the molecule is Cc1ccc(CN(C)C(=O)CS(=O)(=O)Cc2cccc(C)c2)cc1. The molecule has 1 amide bonds. The van der Waals surface area contributed by atoms with E-state index < -0.39 is 15.6 Å². The van der Waals surface area contributed by atoms with Gasteiger partial charge in [0, 0.05) is 13.6 Å². The maximum absolute atomic E-state index is 12.3. The van der Waals surface area contributed by atoms with Crippen molar-refractivity contribution < 1.29 is 13.2 Å². The number of hydrogen-bond acceptors (Lipinski definition) is 3. The molecule has 2 rings (SSSR count). The molecule has 2 aromatic carbocycles. The van der Waals surface area contributed by atoms with Gasteiger partial charge in [-0.25, -0.2) is 8.42 Å². The molecule has 0 radical (unpaired) electrons. The second kappa shape index (κ2) is 7.62. The molecule has 0 N–H and O–H groups in total. The highest BCUT2D eigenvalue weighted by atomic mass is 32.2. The third kappa shape index (κ3) is 5.49. The first-order valence-electron chi connectivity index (χ1n) is 7.81. The third-order valence-corrected chi connectivity index (χ3v) is 5.24. The van der Waals surface area contributed by atoms with Crippen LogP contribution >= 0.6 is 0 Å². The number of sulfone groups is 1. The van der Waals surface area contributed by atoms with Crippen LogP contribution in [0, 0.1) is 13.8 Å². The molecule has 0 spiro atoms. The molecule has 0 saturated carbocycles. The number of hydrogen-bond donors (Lipinski definition) is 0. The Morgan fingerprint density at radius 3 is 2.25 bits per heavy atom. The average Bonchev–Trinajstić information content (AvgIpc) is 2.48. The Labute approximate surface area is 144 Å². The summed E-state index contributed by atoms with van der Waals surface area (Å²) in [5, 5.41) is 0. The van der Waals surface area contributed by atoms with Gasteiger partial charge >= 0.3 is 0 Å². The molecular weight excluding hydrogens is 322 g/mol. The van der Waals surface area contributed by atoms with Gasteiger partial charge in [-0.3, -0.25) is 4.79 Å². The number of nitrogens with zero attached hydrogens (tertiary/aromatic N) is 1. The van der Waals surface area contributed by atoms with Crippen molar-refractivity contribution in [2.75, 3.05) is 12.8 Å². The second-order valence-electron chi connectivity index (χ2n) is 6.26. The summed E-state index contributed by atoms with van der Waals surface area (Å²) in [6.07, 6.45) is 0. The van der Waals surface area contributed by atoms with Gasteiger partial charge in [-0.1, -0.05) is 59.7 Å². The Hall–Kier alpha value is -2.14. The summed E-state index contributed by atoms with van der Waals surface area (Å²) in [6.45, 7) is 4.31. The van der Waals surface area contributed by atoms with Gasteiger partial charge in [-0.05, 0) is 25.0 Å². The summed E-state index contributed by atoms with van der Waals surface area (Å²) >= 11 is 0. The van der Waals surface area contributed by atoms with Crippen molar-refractivity contribution >= 4 is 15.7 Å². The van der Waals surface area contributed by atoms with Crippen LogP contribution in [0.4, 0.5) is 0 Å². The first-order valence-corrected chi connectivity index (χ1v) is 9.63. The van der Waals surface area contributed by atoms with Crippen molar-refractivity contribution in [1.82, 2.24) is 4.90 Å². The normalized spacial score (nSPS) is 11.3. The topological polar surface area (TPSA) is 54.5 Å². The van der Waals surface area contributed by atoms with E-state index in [1.165, 1.54) is 4.90 Å². The molecule has 0 bridgehead atoms. The fraction of sp³-hybridized carbons (Fsp3) is 0.316. The minimum Gasteiger partial charge on any atom is -0.341 e. The molecule has 0 aliphatic carbocycles. The summed E-state index contributed by atoms with van der Waals surface area (Å²) < 4.78 is 24.6. The molecule has 2 aromatic rings. The Morgan fingerprint density at radius 1 is 0.958 bits per heavy atom. The summed E-state index contributed by atoms with van der Waals surface area (Å²) in [6, 6.07) is 15.2. The molecule has 0 saturated heterocycles. The van der Waals surface area contributed by atoms with Crippen molar-refractivity contribution in [1.29, 1.82) is 0 Å². The fourth-order valence-electron chi connectivity index (χ4n) is 2.46. The summed E-state index contributed by atoms with van der Waals surface area (Å²) in [7, 11) is -1.86. The molecule has 0 aliphatic heterocycles. The quantitative estimate of drug-likeness (QED) is 0.809. The predicted octanol–water partition coefficient (Wildman–Crippen LogP) is 2.88. The van der Waals surface area contributed by atoms with Gasteiger partial charge in [0.2, 0.25) is 5.91 Å². The fourth-order valence-corrected chi connectivity index (χ4v) is 3.85. The van der Waals surface area contributed by atoms with E-state index >= 15 is 0 Å². The van der Waals surface area contributed by atoms with E-state index in [2.05, 4.69) is 0 Å². The van der Waals surface area contributed by atoms with E-state index in [0.29, 0.717) is 12.1 Å². The molecule has 24 heavy (non-hydrogen) atoms. The van der Waals surface area contributed by atoms with Crippen LogP contribution in [0.5, 0.6) is 0 Å². The van der Waals surface area contributed by atoms with E-state index in [1.807, 2.05) is 56.3 Å². The molecule has 0 atom stereocenters. The van der Waals surface area contributed by atoms with Crippen LogP contribution in [0.3, 0.4) is 0 Å². The van der Waals surface area contributed by atoms with Gasteiger partial charge in [-0.2, -0.15) is 0 Å². The van der Waals surface area contributed by atoms with E-state index in [1.54, 1.807) is 13.1 Å². The highest BCUT2D eigenvalue weighted by Gasteiger charge is 2.20. The first-order chi connectivity index (χ1) is 11.2. The van der Waals surface area contributed by atoms with Gasteiger partial charge in [0.1, 0.15) is 5.75 Å². The highest BCUT2D eigenvalue weighted by Crippen LogP contribution is 2.11. The van der Waals surface area contributed by atoms with Gasteiger partial charge in [0.25, 0.3) is 0 Å². The molecule has 0 heterocycles. The number of aryl methyl sites for hydroxylation is 2. The number of benzene rings is 2. The number of carbonyl (C=O) groups is 1. The molecule has 0 fully saturated rings. The molecular formula is C19H23NO3S. The van der Waals surface area contributed by atoms with Crippen molar-refractivity contribution in [2.24, 2.45) is 0 Å². The highest BCUT2D eigenvalue weighted by molar-refractivity contribution is 7.91. The lowest BCUT2D eigenvalue weighted by Gasteiger charge is -2.17. The van der Waals surface area contributed by atoms with Crippen LogP contribution in [-0.4, -0.2) is 32.0 Å². The van der Waals surface area contributed by atoms with Crippen LogP contribution in [0.1, 0.15) is 22.3 Å². The Morgan fingerprint density at radius 2 is 1.62 bits per heavy atom.